The molecule has 0 heterocycles. The van der Waals surface area contributed by atoms with Gasteiger partial charge in [-0.1, -0.05) is 30.7 Å². The Morgan fingerprint density at radius 1 is 1.44 bits per heavy atom. The van der Waals surface area contributed by atoms with E-state index in [1.165, 1.54) is 0 Å². The zero-order valence-electron chi connectivity index (χ0n) is 9.40. The maximum atomic E-state index is 10.7. The fourth-order valence-electron chi connectivity index (χ4n) is 1.84. The van der Waals surface area contributed by atoms with Gasteiger partial charge in [-0.05, 0) is 30.7 Å². The number of benzene rings is 1. The van der Waals surface area contributed by atoms with Gasteiger partial charge >= 0.3 is 5.97 Å². The van der Waals surface area contributed by atoms with Crippen molar-refractivity contribution >= 4 is 17.6 Å². The molecule has 2 atom stereocenters. The molecule has 2 unspecified atom stereocenters. The molecule has 2 N–H and O–H groups in total. The first kappa shape index (κ1) is 13.0. The Morgan fingerprint density at radius 3 is 2.44 bits per heavy atom. The molecule has 1 aromatic rings. The molecule has 0 saturated carbocycles. The van der Waals surface area contributed by atoms with Crippen LogP contribution in [-0.2, 0) is 4.79 Å². The van der Waals surface area contributed by atoms with Crippen LogP contribution in [0.25, 0.3) is 0 Å². The number of carboxylic acid groups (broad SMARTS) is 1. The van der Waals surface area contributed by atoms with Gasteiger partial charge < -0.3 is 10.4 Å². The third-order valence-corrected chi connectivity index (χ3v) is 2.86. The van der Waals surface area contributed by atoms with Crippen LogP contribution < -0.4 is 5.32 Å². The molecular weight excluding hydrogens is 226 g/mol. The molecule has 3 nitrogen and oxygen atoms in total. The van der Waals surface area contributed by atoms with Gasteiger partial charge in [-0.15, -0.1) is 0 Å². The lowest BCUT2D eigenvalue weighted by Crippen LogP contribution is -2.25. The number of carboxylic acids is 1. The standard InChI is InChI=1S/C12H16ClNO2/c1-8(7-11(15)16)12(14-2)9-3-5-10(13)6-4-9/h3-6,8,12,14H,7H2,1-2H3,(H,15,16). The first-order chi connectivity index (χ1) is 7.54. The quantitative estimate of drug-likeness (QED) is 0.833. The van der Waals surface area contributed by atoms with Crippen LogP contribution in [0.15, 0.2) is 24.3 Å². The molecule has 0 aliphatic carbocycles. The number of halogens is 1. The summed E-state index contributed by atoms with van der Waals surface area (Å²) in [6, 6.07) is 7.50. The first-order valence-corrected chi connectivity index (χ1v) is 5.57. The summed E-state index contributed by atoms with van der Waals surface area (Å²) in [5.41, 5.74) is 1.06. The number of hydrogen-bond acceptors (Lipinski definition) is 2. The summed E-state index contributed by atoms with van der Waals surface area (Å²) < 4.78 is 0. The second-order valence-corrected chi connectivity index (χ2v) is 4.33. The summed E-state index contributed by atoms with van der Waals surface area (Å²) >= 11 is 5.81. The van der Waals surface area contributed by atoms with Gasteiger partial charge in [0.15, 0.2) is 0 Å². The van der Waals surface area contributed by atoms with Crippen molar-refractivity contribution in [3.05, 3.63) is 34.9 Å². The average Bonchev–Trinajstić information content (AvgIpc) is 2.21. The van der Waals surface area contributed by atoms with Crippen LogP contribution in [-0.4, -0.2) is 18.1 Å². The Kier molecular flexibility index (Phi) is 4.77. The van der Waals surface area contributed by atoms with Gasteiger partial charge in [0, 0.05) is 17.5 Å². The smallest absolute Gasteiger partial charge is 0.303 e. The summed E-state index contributed by atoms with van der Waals surface area (Å²) in [6.07, 6.45) is 0.147. The molecule has 0 aliphatic rings. The zero-order valence-corrected chi connectivity index (χ0v) is 10.2. The fraction of sp³-hybridized carbons (Fsp3) is 0.417. The molecule has 0 amide bonds. The van der Waals surface area contributed by atoms with Crippen LogP contribution >= 0.6 is 11.6 Å². The second kappa shape index (κ2) is 5.87. The Bertz CT molecular complexity index is 351. The summed E-state index contributed by atoms with van der Waals surface area (Å²) in [4.78, 5) is 10.7. The highest BCUT2D eigenvalue weighted by Crippen LogP contribution is 2.25. The van der Waals surface area contributed by atoms with Gasteiger partial charge in [0.25, 0.3) is 0 Å². The number of rotatable bonds is 5. The van der Waals surface area contributed by atoms with Crippen LogP contribution in [0.2, 0.25) is 5.02 Å². The molecule has 88 valence electrons. The zero-order chi connectivity index (χ0) is 12.1. The molecule has 4 heteroatoms. The molecule has 16 heavy (non-hydrogen) atoms. The lowest BCUT2D eigenvalue weighted by atomic mass is 9.92. The molecular formula is C12H16ClNO2. The van der Waals surface area contributed by atoms with Crippen molar-refractivity contribution < 1.29 is 9.90 Å². The monoisotopic (exact) mass is 241 g/mol. The van der Waals surface area contributed by atoms with Gasteiger partial charge in [0.05, 0.1) is 0 Å². The molecule has 1 rings (SSSR count). The number of carbonyl (C=O) groups is 1. The maximum Gasteiger partial charge on any atom is 0.303 e. The van der Waals surface area contributed by atoms with Crippen LogP contribution in [0.4, 0.5) is 0 Å². The van der Waals surface area contributed by atoms with E-state index in [4.69, 9.17) is 16.7 Å². The van der Waals surface area contributed by atoms with Crippen molar-refractivity contribution in [1.82, 2.24) is 5.32 Å². The summed E-state index contributed by atoms with van der Waals surface area (Å²) in [5.74, 6) is -0.745. The van der Waals surface area contributed by atoms with Gasteiger partial charge in [0.2, 0.25) is 0 Å². The van der Waals surface area contributed by atoms with Crippen LogP contribution in [0.5, 0.6) is 0 Å². The van der Waals surface area contributed by atoms with E-state index in [1.54, 1.807) is 0 Å². The molecule has 0 aromatic heterocycles. The predicted octanol–water partition coefficient (Wildman–Crippen LogP) is 2.71. The third-order valence-electron chi connectivity index (χ3n) is 2.61. The third kappa shape index (κ3) is 3.51. The van der Waals surface area contributed by atoms with Gasteiger partial charge in [0.1, 0.15) is 0 Å². The van der Waals surface area contributed by atoms with E-state index in [0.29, 0.717) is 5.02 Å². The highest BCUT2D eigenvalue weighted by Gasteiger charge is 2.19. The number of nitrogens with one attached hydrogen (secondary N) is 1. The molecule has 1 aromatic carbocycles. The lowest BCUT2D eigenvalue weighted by Gasteiger charge is -2.22. The molecule has 0 bridgehead atoms. The van der Waals surface area contributed by atoms with Gasteiger partial charge in [-0.3, -0.25) is 4.79 Å². The number of hydrogen-bond donors (Lipinski definition) is 2. The Balaban J connectivity index is 2.81. The van der Waals surface area contributed by atoms with E-state index in [9.17, 15) is 4.79 Å². The summed E-state index contributed by atoms with van der Waals surface area (Å²) in [7, 11) is 1.83. The minimum absolute atomic E-state index is 0.0312. The van der Waals surface area contributed by atoms with Crippen molar-refractivity contribution in [2.24, 2.45) is 5.92 Å². The predicted molar refractivity (Wildman–Crippen MR) is 64.7 cm³/mol. The van der Waals surface area contributed by atoms with Crippen LogP contribution in [0, 0.1) is 5.92 Å². The lowest BCUT2D eigenvalue weighted by molar-refractivity contribution is -0.138. The first-order valence-electron chi connectivity index (χ1n) is 5.19. The second-order valence-electron chi connectivity index (χ2n) is 3.89. The van der Waals surface area contributed by atoms with Crippen molar-refractivity contribution in [3.8, 4) is 0 Å². The molecule has 0 radical (unpaired) electrons. The van der Waals surface area contributed by atoms with Crippen molar-refractivity contribution in [2.75, 3.05) is 7.05 Å². The minimum atomic E-state index is -0.776. The minimum Gasteiger partial charge on any atom is -0.481 e. The SMILES string of the molecule is CNC(c1ccc(Cl)cc1)C(C)CC(=O)O. The van der Waals surface area contributed by atoms with Gasteiger partial charge in [-0.25, -0.2) is 0 Å². The highest BCUT2D eigenvalue weighted by molar-refractivity contribution is 6.30. The number of aliphatic carboxylic acids is 1. The van der Waals surface area contributed by atoms with Crippen LogP contribution in [0.3, 0.4) is 0 Å². The molecule has 0 fully saturated rings. The Morgan fingerprint density at radius 2 is 2.00 bits per heavy atom. The summed E-state index contributed by atoms with van der Waals surface area (Å²) in [6.45, 7) is 1.92. The van der Waals surface area contributed by atoms with Crippen molar-refractivity contribution in [3.63, 3.8) is 0 Å². The van der Waals surface area contributed by atoms with E-state index in [1.807, 2.05) is 38.2 Å². The van der Waals surface area contributed by atoms with E-state index < -0.39 is 5.97 Å². The van der Waals surface area contributed by atoms with E-state index in [0.717, 1.165) is 5.56 Å². The van der Waals surface area contributed by atoms with Crippen LogP contribution in [0.1, 0.15) is 24.9 Å². The molecule has 0 saturated heterocycles. The fourth-order valence-corrected chi connectivity index (χ4v) is 1.97. The van der Waals surface area contributed by atoms with Gasteiger partial charge in [-0.2, -0.15) is 0 Å². The normalized spacial score (nSPS) is 14.4. The highest BCUT2D eigenvalue weighted by atomic mass is 35.5. The molecule has 0 aliphatic heterocycles. The molecule has 0 spiro atoms. The Labute approximate surface area is 100 Å². The van der Waals surface area contributed by atoms with Crippen molar-refractivity contribution in [1.29, 1.82) is 0 Å². The van der Waals surface area contributed by atoms with E-state index in [-0.39, 0.29) is 18.4 Å². The van der Waals surface area contributed by atoms with E-state index in [2.05, 4.69) is 5.32 Å². The Hall–Kier alpha value is -1.06. The topological polar surface area (TPSA) is 49.3 Å². The maximum absolute atomic E-state index is 10.7. The van der Waals surface area contributed by atoms with Crippen molar-refractivity contribution in [2.45, 2.75) is 19.4 Å². The average molecular weight is 242 g/mol. The van der Waals surface area contributed by atoms with E-state index >= 15 is 0 Å². The summed E-state index contributed by atoms with van der Waals surface area (Å²) in [5, 5.41) is 12.6. The largest absolute Gasteiger partial charge is 0.481 e.